The van der Waals surface area contributed by atoms with E-state index in [1.54, 1.807) is 12.2 Å². The Balaban J connectivity index is 2.13. The van der Waals surface area contributed by atoms with Crippen molar-refractivity contribution in [3.8, 4) is 11.4 Å². The number of hydrogen-bond donors (Lipinski definition) is 0. The third-order valence-corrected chi connectivity index (χ3v) is 4.20. The van der Waals surface area contributed by atoms with Crippen LogP contribution in [0.1, 0.15) is 27.2 Å². The highest BCUT2D eigenvalue weighted by Crippen LogP contribution is 2.32. The Morgan fingerprint density at radius 1 is 0.955 bits per heavy atom. The van der Waals surface area contributed by atoms with Crippen molar-refractivity contribution in [3.63, 3.8) is 0 Å². The molecule has 22 heavy (non-hydrogen) atoms. The van der Waals surface area contributed by atoms with Gasteiger partial charge in [-0.25, -0.2) is 9.97 Å². The molecule has 0 unspecified atom stereocenters. The fourth-order valence-electron chi connectivity index (χ4n) is 2.87. The molecule has 0 spiro atoms. The third-order valence-electron chi connectivity index (χ3n) is 4.20. The van der Waals surface area contributed by atoms with Gasteiger partial charge in [-0.1, -0.05) is 30.3 Å². The number of hydrogen-bond acceptors (Lipinski definition) is 3. The number of aromatic nitrogens is 2. The molecule has 1 heterocycles. The monoisotopic (exact) mass is 286 g/mol. The summed E-state index contributed by atoms with van der Waals surface area (Å²) in [6.07, 6.45) is 3.38. The normalized spacial score (nSPS) is 12.9. The summed E-state index contributed by atoms with van der Waals surface area (Å²) in [5, 5.41) is 0.871. The van der Waals surface area contributed by atoms with Crippen LogP contribution in [0, 0.1) is 13.8 Å². The second kappa shape index (κ2) is 4.60. The summed E-state index contributed by atoms with van der Waals surface area (Å²) in [7, 11) is 0. The molecule has 3 heteroatoms. The van der Waals surface area contributed by atoms with Gasteiger partial charge in [0.05, 0.1) is 11.2 Å². The molecule has 0 radical (unpaired) electrons. The van der Waals surface area contributed by atoms with E-state index >= 15 is 0 Å². The van der Waals surface area contributed by atoms with Crippen LogP contribution in [0.5, 0.6) is 0 Å². The molecule has 0 atom stereocenters. The molecular formula is C19H14N2O. The Labute approximate surface area is 128 Å². The van der Waals surface area contributed by atoms with E-state index in [-0.39, 0.29) is 5.78 Å². The highest BCUT2D eigenvalue weighted by Gasteiger charge is 2.20. The van der Waals surface area contributed by atoms with Crippen molar-refractivity contribution >= 4 is 22.8 Å². The lowest BCUT2D eigenvalue weighted by atomic mass is 9.92. The molecular weight excluding hydrogens is 272 g/mol. The van der Waals surface area contributed by atoms with E-state index in [0.717, 1.165) is 33.3 Å². The average Bonchev–Trinajstić information content (AvgIpc) is 2.55. The summed E-state index contributed by atoms with van der Waals surface area (Å²) in [6.45, 7) is 4.06. The highest BCUT2D eigenvalue weighted by atomic mass is 16.1. The van der Waals surface area contributed by atoms with E-state index in [9.17, 15) is 4.79 Å². The van der Waals surface area contributed by atoms with Crippen LogP contribution >= 0.6 is 0 Å². The number of carbonyl (C=O) groups excluding carboxylic acids is 1. The van der Waals surface area contributed by atoms with Crippen LogP contribution < -0.4 is 0 Å². The maximum Gasteiger partial charge on any atom is 0.186 e. The molecule has 3 nitrogen and oxygen atoms in total. The second-order valence-electron chi connectivity index (χ2n) is 5.59. The van der Waals surface area contributed by atoms with Crippen molar-refractivity contribution in [3.05, 3.63) is 64.9 Å². The molecule has 0 saturated heterocycles. The number of benzene rings is 2. The molecule has 0 fully saturated rings. The van der Waals surface area contributed by atoms with Crippen molar-refractivity contribution < 1.29 is 4.79 Å². The van der Waals surface area contributed by atoms with Crippen molar-refractivity contribution in [1.29, 1.82) is 0 Å². The molecule has 0 bridgehead atoms. The lowest BCUT2D eigenvalue weighted by molar-refractivity contribution is 0.104. The minimum absolute atomic E-state index is 0.0247. The number of aryl methyl sites for hydroxylation is 2. The van der Waals surface area contributed by atoms with Gasteiger partial charge in [-0.05, 0) is 43.2 Å². The molecule has 1 aliphatic rings. The van der Waals surface area contributed by atoms with Crippen LogP contribution in [0.2, 0.25) is 0 Å². The summed E-state index contributed by atoms with van der Waals surface area (Å²) in [6, 6.07) is 11.9. The topological polar surface area (TPSA) is 42.9 Å². The minimum Gasteiger partial charge on any atom is -0.289 e. The first-order chi connectivity index (χ1) is 10.6. The number of carbonyl (C=O) groups is 1. The molecule has 0 N–H and O–H groups in total. The van der Waals surface area contributed by atoms with Crippen molar-refractivity contribution in [2.24, 2.45) is 0 Å². The first-order valence-corrected chi connectivity index (χ1v) is 7.25. The van der Waals surface area contributed by atoms with E-state index in [4.69, 9.17) is 4.98 Å². The summed E-state index contributed by atoms with van der Waals surface area (Å²) < 4.78 is 0. The Kier molecular flexibility index (Phi) is 2.70. The van der Waals surface area contributed by atoms with Gasteiger partial charge in [0.25, 0.3) is 0 Å². The lowest BCUT2D eigenvalue weighted by Crippen LogP contribution is -2.07. The standard InChI is InChI=1S/C19H14N2O/c1-11-10-14-16(22)9-8-15-17(14)18(12(11)2)21-19(20-15)13-6-4-3-5-7-13/h3-10H,1-2H3. The summed E-state index contributed by atoms with van der Waals surface area (Å²) >= 11 is 0. The number of ketones is 1. The zero-order valence-corrected chi connectivity index (χ0v) is 12.4. The largest absolute Gasteiger partial charge is 0.289 e. The fraction of sp³-hybridized carbons (Fsp3) is 0.105. The van der Waals surface area contributed by atoms with E-state index in [1.165, 1.54) is 0 Å². The molecule has 3 aromatic rings. The van der Waals surface area contributed by atoms with Gasteiger partial charge in [0.1, 0.15) is 0 Å². The minimum atomic E-state index is 0.0247. The SMILES string of the molecule is Cc1cc2c3c(nc(-c4ccccc4)nc3c1C)C=CC2=O. The van der Waals surface area contributed by atoms with Crippen LogP contribution in [-0.2, 0) is 0 Å². The molecule has 0 amide bonds. The van der Waals surface area contributed by atoms with E-state index in [0.29, 0.717) is 11.4 Å². The maximum absolute atomic E-state index is 12.1. The first-order valence-electron chi connectivity index (χ1n) is 7.25. The van der Waals surface area contributed by atoms with Crippen LogP contribution in [0.3, 0.4) is 0 Å². The number of rotatable bonds is 1. The predicted octanol–water partition coefficient (Wildman–Crippen LogP) is 4.12. The van der Waals surface area contributed by atoms with E-state index in [1.807, 2.05) is 50.2 Å². The van der Waals surface area contributed by atoms with Crippen LogP contribution in [0.25, 0.3) is 28.4 Å². The van der Waals surface area contributed by atoms with Crippen molar-refractivity contribution in [2.75, 3.05) is 0 Å². The summed E-state index contributed by atoms with van der Waals surface area (Å²) in [5.74, 6) is 0.721. The molecule has 1 aliphatic carbocycles. The maximum atomic E-state index is 12.1. The summed E-state index contributed by atoms with van der Waals surface area (Å²) in [4.78, 5) is 21.6. The van der Waals surface area contributed by atoms with E-state index in [2.05, 4.69) is 4.98 Å². The van der Waals surface area contributed by atoms with Crippen molar-refractivity contribution in [1.82, 2.24) is 9.97 Å². The molecule has 106 valence electrons. The van der Waals surface area contributed by atoms with Gasteiger partial charge in [0.2, 0.25) is 0 Å². The zero-order chi connectivity index (χ0) is 15.3. The van der Waals surface area contributed by atoms with Gasteiger partial charge < -0.3 is 0 Å². The average molecular weight is 286 g/mol. The predicted molar refractivity (Wildman–Crippen MR) is 87.8 cm³/mol. The van der Waals surface area contributed by atoms with Crippen LogP contribution in [0.15, 0.2) is 42.5 Å². The Hall–Kier alpha value is -2.81. The third kappa shape index (κ3) is 1.79. The number of nitrogens with zero attached hydrogens (tertiary/aromatic N) is 2. The zero-order valence-electron chi connectivity index (χ0n) is 12.4. The first kappa shape index (κ1) is 12.9. The lowest BCUT2D eigenvalue weighted by Gasteiger charge is -2.15. The van der Waals surface area contributed by atoms with E-state index < -0.39 is 0 Å². The van der Waals surface area contributed by atoms with Gasteiger partial charge in [-0.15, -0.1) is 0 Å². The van der Waals surface area contributed by atoms with Gasteiger partial charge in [0.15, 0.2) is 11.6 Å². The van der Waals surface area contributed by atoms with Crippen LogP contribution in [0.4, 0.5) is 0 Å². The summed E-state index contributed by atoms with van der Waals surface area (Å²) in [5.41, 5.74) is 5.55. The molecule has 2 aromatic carbocycles. The van der Waals surface area contributed by atoms with Gasteiger partial charge in [0, 0.05) is 16.5 Å². The second-order valence-corrected chi connectivity index (χ2v) is 5.59. The highest BCUT2D eigenvalue weighted by molar-refractivity contribution is 6.19. The molecule has 4 rings (SSSR count). The molecule has 1 aromatic heterocycles. The quantitative estimate of drug-likeness (QED) is 0.675. The van der Waals surface area contributed by atoms with Gasteiger partial charge >= 0.3 is 0 Å². The smallest absolute Gasteiger partial charge is 0.186 e. The molecule has 0 aliphatic heterocycles. The molecule has 0 saturated carbocycles. The van der Waals surface area contributed by atoms with Gasteiger partial charge in [-0.3, -0.25) is 4.79 Å². The Morgan fingerprint density at radius 2 is 1.73 bits per heavy atom. The Bertz CT molecular complexity index is 956. The van der Waals surface area contributed by atoms with Crippen molar-refractivity contribution in [2.45, 2.75) is 13.8 Å². The van der Waals surface area contributed by atoms with Gasteiger partial charge in [-0.2, -0.15) is 0 Å². The van der Waals surface area contributed by atoms with Crippen LogP contribution in [-0.4, -0.2) is 15.8 Å². The Morgan fingerprint density at radius 3 is 2.50 bits per heavy atom. The number of allylic oxidation sites excluding steroid dienone is 1. The fourth-order valence-corrected chi connectivity index (χ4v) is 2.87.